The molecule has 0 aromatic carbocycles. The van der Waals surface area contributed by atoms with Gasteiger partial charge in [0.1, 0.15) is 5.82 Å². The summed E-state index contributed by atoms with van der Waals surface area (Å²) in [6.07, 6.45) is 4.18. The molecule has 0 saturated carbocycles. The van der Waals surface area contributed by atoms with Crippen molar-refractivity contribution in [3.05, 3.63) is 18.3 Å². The molecule has 0 atom stereocenters. The van der Waals surface area contributed by atoms with Crippen LogP contribution in [0.4, 0.5) is 11.5 Å². The first-order chi connectivity index (χ1) is 9.30. The molecule has 0 aliphatic rings. The highest BCUT2D eigenvalue weighted by Gasteiger charge is 2.00. The van der Waals surface area contributed by atoms with E-state index in [1.54, 1.807) is 0 Å². The maximum absolute atomic E-state index is 4.30. The lowest BCUT2D eigenvalue weighted by Gasteiger charge is -2.20. The molecule has 4 nitrogen and oxygen atoms in total. The molecule has 0 spiro atoms. The number of rotatable bonds is 10. The highest BCUT2D eigenvalue weighted by molar-refractivity contribution is 5.51. The fourth-order valence-corrected chi connectivity index (χ4v) is 1.99. The van der Waals surface area contributed by atoms with Crippen LogP contribution >= 0.6 is 0 Å². The number of aromatic nitrogens is 1. The number of pyridine rings is 1. The molecule has 1 aromatic heterocycles. The molecule has 2 N–H and O–H groups in total. The first-order valence-corrected chi connectivity index (χ1v) is 7.46. The average molecular weight is 264 g/mol. The summed E-state index contributed by atoms with van der Waals surface area (Å²) in [4.78, 5) is 6.77. The second kappa shape index (κ2) is 9.62. The molecule has 0 saturated heterocycles. The number of nitrogens with zero attached hydrogens (tertiary/aromatic N) is 2. The van der Waals surface area contributed by atoms with Crippen LogP contribution in [0.2, 0.25) is 0 Å². The largest absolute Gasteiger partial charge is 0.384 e. The zero-order valence-corrected chi connectivity index (χ0v) is 12.6. The van der Waals surface area contributed by atoms with Crippen molar-refractivity contribution in [2.75, 3.05) is 43.4 Å². The number of hydrogen-bond donors (Lipinski definition) is 2. The molecule has 1 heterocycles. The van der Waals surface area contributed by atoms with E-state index >= 15 is 0 Å². The zero-order chi connectivity index (χ0) is 13.9. The Kier molecular flexibility index (Phi) is 7.98. The molecule has 0 radical (unpaired) electrons. The Balaban J connectivity index is 2.35. The van der Waals surface area contributed by atoms with Crippen molar-refractivity contribution in [2.24, 2.45) is 0 Å². The highest BCUT2D eigenvalue weighted by atomic mass is 15.1. The van der Waals surface area contributed by atoms with Crippen LogP contribution < -0.4 is 10.6 Å². The lowest BCUT2D eigenvalue weighted by molar-refractivity contribution is 0.300. The molecule has 0 amide bonds. The summed E-state index contributed by atoms with van der Waals surface area (Å²) in [5.41, 5.74) is 1.14. The second-order valence-corrected chi connectivity index (χ2v) is 4.72. The van der Waals surface area contributed by atoms with Crippen LogP contribution in [0.15, 0.2) is 18.3 Å². The van der Waals surface area contributed by atoms with Crippen molar-refractivity contribution >= 4 is 11.5 Å². The van der Waals surface area contributed by atoms with Crippen molar-refractivity contribution in [1.82, 2.24) is 9.88 Å². The third kappa shape index (κ3) is 6.43. The summed E-state index contributed by atoms with van der Waals surface area (Å²) in [7, 11) is 0. The van der Waals surface area contributed by atoms with Crippen LogP contribution in [0.1, 0.15) is 33.6 Å². The topological polar surface area (TPSA) is 40.2 Å². The minimum atomic E-state index is 0.952. The Morgan fingerprint density at radius 3 is 2.58 bits per heavy atom. The Morgan fingerprint density at radius 2 is 1.89 bits per heavy atom. The lowest BCUT2D eigenvalue weighted by atomic mass is 10.3. The zero-order valence-electron chi connectivity index (χ0n) is 12.6. The SMILES string of the molecule is CCCNc1cc(NCCN(CC)CCC)ccn1. The molecule has 1 aromatic rings. The van der Waals surface area contributed by atoms with Crippen molar-refractivity contribution < 1.29 is 0 Å². The number of anilines is 2. The Labute approximate surface area is 117 Å². The van der Waals surface area contributed by atoms with E-state index in [2.05, 4.69) is 47.4 Å². The van der Waals surface area contributed by atoms with Gasteiger partial charge in [-0.15, -0.1) is 0 Å². The molecule has 0 aliphatic heterocycles. The van der Waals surface area contributed by atoms with Gasteiger partial charge in [0.25, 0.3) is 0 Å². The Morgan fingerprint density at radius 1 is 1.05 bits per heavy atom. The first kappa shape index (κ1) is 15.8. The van der Waals surface area contributed by atoms with Crippen molar-refractivity contribution in [1.29, 1.82) is 0 Å². The van der Waals surface area contributed by atoms with Gasteiger partial charge in [0.05, 0.1) is 0 Å². The van der Waals surface area contributed by atoms with Gasteiger partial charge in [-0.05, 0) is 32.0 Å². The Hall–Kier alpha value is -1.29. The number of likely N-dealkylation sites (N-methyl/N-ethyl adjacent to an activating group) is 1. The molecular formula is C15H28N4. The molecule has 19 heavy (non-hydrogen) atoms. The van der Waals surface area contributed by atoms with Gasteiger partial charge < -0.3 is 15.5 Å². The minimum Gasteiger partial charge on any atom is -0.384 e. The van der Waals surface area contributed by atoms with Gasteiger partial charge in [-0.3, -0.25) is 0 Å². The van der Waals surface area contributed by atoms with Crippen LogP contribution in [0.25, 0.3) is 0 Å². The molecular weight excluding hydrogens is 236 g/mol. The molecule has 0 bridgehead atoms. The molecule has 0 fully saturated rings. The second-order valence-electron chi connectivity index (χ2n) is 4.72. The van der Waals surface area contributed by atoms with E-state index in [-0.39, 0.29) is 0 Å². The molecule has 108 valence electrons. The quantitative estimate of drug-likeness (QED) is 0.681. The predicted octanol–water partition coefficient (Wildman–Crippen LogP) is 3.05. The van der Waals surface area contributed by atoms with Crippen LogP contribution in [-0.2, 0) is 0 Å². The first-order valence-electron chi connectivity index (χ1n) is 7.46. The molecule has 4 heteroatoms. The summed E-state index contributed by atoms with van der Waals surface area (Å²) in [6.45, 7) is 11.9. The van der Waals surface area contributed by atoms with Gasteiger partial charge in [-0.25, -0.2) is 4.98 Å². The average Bonchev–Trinajstić information content (AvgIpc) is 2.44. The fraction of sp³-hybridized carbons (Fsp3) is 0.667. The van der Waals surface area contributed by atoms with Crippen molar-refractivity contribution in [3.8, 4) is 0 Å². The van der Waals surface area contributed by atoms with E-state index in [9.17, 15) is 0 Å². The summed E-state index contributed by atoms with van der Waals surface area (Å²) in [6, 6.07) is 4.10. The third-order valence-electron chi connectivity index (χ3n) is 3.06. The fourth-order valence-electron chi connectivity index (χ4n) is 1.99. The standard InChI is InChI=1S/C15H28N4/c1-4-8-17-15-13-14(7-9-18-15)16-10-12-19(6-3)11-5-2/h7,9,13H,4-6,8,10-12H2,1-3H3,(H2,16,17,18). The summed E-state index contributed by atoms with van der Waals surface area (Å²) >= 11 is 0. The Bertz CT molecular complexity index is 341. The lowest BCUT2D eigenvalue weighted by Crippen LogP contribution is -2.29. The van der Waals surface area contributed by atoms with E-state index in [0.717, 1.165) is 44.1 Å². The van der Waals surface area contributed by atoms with Crippen molar-refractivity contribution in [2.45, 2.75) is 33.6 Å². The number of nitrogens with one attached hydrogen (secondary N) is 2. The molecule has 0 aliphatic carbocycles. The summed E-state index contributed by atoms with van der Waals surface area (Å²) < 4.78 is 0. The van der Waals surface area contributed by atoms with Gasteiger partial charge in [-0.1, -0.05) is 20.8 Å². The maximum atomic E-state index is 4.30. The van der Waals surface area contributed by atoms with E-state index in [4.69, 9.17) is 0 Å². The number of hydrogen-bond acceptors (Lipinski definition) is 4. The maximum Gasteiger partial charge on any atom is 0.127 e. The van der Waals surface area contributed by atoms with Crippen LogP contribution in [0.5, 0.6) is 0 Å². The van der Waals surface area contributed by atoms with Gasteiger partial charge in [0.15, 0.2) is 0 Å². The van der Waals surface area contributed by atoms with Gasteiger partial charge in [0.2, 0.25) is 0 Å². The third-order valence-corrected chi connectivity index (χ3v) is 3.06. The van der Waals surface area contributed by atoms with E-state index in [1.807, 2.05) is 12.3 Å². The van der Waals surface area contributed by atoms with E-state index < -0.39 is 0 Å². The van der Waals surface area contributed by atoms with Gasteiger partial charge in [-0.2, -0.15) is 0 Å². The normalized spacial score (nSPS) is 10.7. The summed E-state index contributed by atoms with van der Waals surface area (Å²) in [5.74, 6) is 0.952. The van der Waals surface area contributed by atoms with Crippen molar-refractivity contribution in [3.63, 3.8) is 0 Å². The minimum absolute atomic E-state index is 0.952. The molecule has 1 rings (SSSR count). The van der Waals surface area contributed by atoms with Gasteiger partial charge in [0, 0.05) is 37.6 Å². The van der Waals surface area contributed by atoms with Gasteiger partial charge >= 0.3 is 0 Å². The highest BCUT2D eigenvalue weighted by Crippen LogP contribution is 2.11. The van der Waals surface area contributed by atoms with E-state index in [0.29, 0.717) is 0 Å². The smallest absolute Gasteiger partial charge is 0.127 e. The van der Waals surface area contributed by atoms with E-state index in [1.165, 1.54) is 13.0 Å². The summed E-state index contributed by atoms with van der Waals surface area (Å²) in [5, 5.41) is 6.77. The van der Waals surface area contributed by atoms with Crippen LogP contribution in [0.3, 0.4) is 0 Å². The monoisotopic (exact) mass is 264 g/mol. The predicted molar refractivity (Wildman–Crippen MR) is 83.9 cm³/mol. The van der Waals surface area contributed by atoms with Crippen LogP contribution in [-0.4, -0.2) is 42.6 Å². The molecule has 0 unspecified atom stereocenters. The van der Waals surface area contributed by atoms with Crippen LogP contribution in [0, 0.1) is 0 Å².